The van der Waals surface area contributed by atoms with E-state index < -0.39 is 5.92 Å². The molecule has 1 atom stereocenters. The lowest BCUT2D eigenvalue weighted by molar-refractivity contribution is 0.412. The van der Waals surface area contributed by atoms with E-state index in [1.807, 2.05) is 24.3 Å². The first-order chi connectivity index (χ1) is 9.74. The fraction of sp³-hybridized carbons (Fsp3) is 0.235. The number of hydrogen-bond acceptors (Lipinski definition) is 2. The zero-order valence-corrected chi connectivity index (χ0v) is 11.3. The van der Waals surface area contributed by atoms with Crippen molar-refractivity contribution >= 4 is 0 Å². The average Bonchev–Trinajstić information content (AvgIpc) is 2.74. The summed E-state index contributed by atoms with van der Waals surface area (Å²) in [6.45, 7) is 0. The van der Waals surface area contributed by atoms with E-state index in [0.717, 1.165) is 12.0 Å². The van der Waals surface area contributed by atoms with Crippen LogP contribution in [0, 0.1) is 17.1 Å². The fourth-order valence-electron chi connectivity index (χ4n) is 2.15. The highest BCUT2D eigenvalue weighted by atomic mass is 19.1. The van der Waals surface area contributed by atoms with Crippen LogP contribution in [0.15, 0.2) is 54.2 Å². The molecule has 2 nitrogen and oxygen atoms in total. The van der Waals surface area contributed by atoms with Crippen LogP contribution in [0.2, 0.25) is 0 Å². The summed E-state index contributed by atoms with van der Waals surface area (Å²) in [5.41, 5.74) is 1.43. The van der Waals surface area contributed by atoms with Gasteiger partial charge in [-0.2, -0.15) is 5.26 Å². The van der Waals surface area contributed by atoms with E-state index in [9.17, 15) is 9.65 Å². The Hall–Kier alpha value is -2.34. The molecule has 102 valence electrons. The second-order valence-corrected chi connectivity index (χ2v) is 4.58. The molecule has 0 bridgehead atoms. The van der Waals surface area contributed by atoms with Crippen LogP contribution in [-0.4, -0.2) is 7.11 Å². The Balaban J connectivity index is 2.25. The lowest BCUT2D eigenvalue weighted by Gasteiger charge is -2.12. The molecule has 2 rings (SSSR count). The third kappa shape index (κ3) is 3.36. The summed E-state index contributed by atoms with van der Waals surface area (Å²) in [7, 11) is 1.53. The second kappa shape index (κ2) is 6.72. The molecule has 20 heavy (non-hydrogen) atoms. The molecule has 0 amide bonds. The maximum atomic E-state index is 13.9. The van der Waals surface area contributed by atoms with E-state index in [1.165, 1.54) is 13.2 Å². The number of rotatable bonds is 4. The molecule has 3 heteroatoms. The minimum atomic E-state index is -0.515. The summed E-state index contributed by atoms with van der Waals surface area (Å²) >= 11 is 0. The highest BCUT2D eigenvalue weighted by molar-refractivity contribution is 5.37. The molecule has 0 fully saturated rings. The Kier molecular flexibility index (Phi) is 4.73. The average molecular weight is 269 g/mol. The Labute approximate surface area is 118 Å². The van der Waals surface area contributed by atoms with Gasteiger partial charge in [0.15, 0.2) is 0 Å². The molecule has 0 saturated heterocycles. The molecule has 0 radical (unpaired) electrons. The molecule has 0 spiro atoms. The molecule has 0 N–H and O–H groups in total. The van der Waals surface area contributed by atoms with Gasteiger partial charge in [0, 0.05) is 5.56 Å². The summed E-state index contributed by atoms with van der Waals surface area (Å²) < 4.78 is 19.0. The minimum absolute atomic E-state index is 0.367. The van der Waals surface area contributed by atoms with Gasteiger partial charge >= 0.3 is 0 Å². The zero-order valence-electron chi connectivity index (χ0n) is 11.3. The van der Waals surface area contributed by atoms with Crippen molar-refractivity contribution in [1.29, 1.82) is 5.26 Å². The first-order valence-electron chi connectivity index (χ1n) is 6.50. The Morgan fingerprint density at radius 2 is 2.25 bits per heavy atom. The molecule has 1 unspecified atom stereocenters. The van der Waals surface area contributed by atoms with Crippen LogP contribution in [0.4, 0.5) is 4.39 Å². The summed E-state index contributed by atoms with van der Waals surface area (Å²) in [6.07, 6.45) is 11.3. The molecule has 1 aliphatic carbocycles. The number of nitrogens with zero attached hydrogens (tertiary/aromatic N) is 1. The standard InChI is InChI=1S/C17H16FNO/c1-20-15-8-9-17(18)16(11-15)14(12-19)10-13-6-4-2-3-5-7-13/h2-4,6-9,11,14H,5,10H2,1H3. The van der Waals surface area contributed by atoms with Gasteiger partial charge in [-0.1, -0.05) is 36.0 Å². The van der Waals surface area contributed by atoms with Gasteiger partial charge < -0.3 is 4.74 Å². The summed E-state index contributed by atoms with van der Waals surface area (Å²) in [6, 6.07) is 6.69. The van der Waals surface area contributed by atoms with Crippen molar-refractivity contribution < 1.29 is 9.13 Å². The normalized spacial score (nSPS) is 15.2. The number of hydrogen-bond donors (Lipinski definition) is 0. The Morgan fingerprint density at radius 3 is 3.00 bits per heavy atom. The predicted octanol–water partition coefficient (Wildman–Crippen LogP) is 4.27. The largest absolute Gasteiger partial charge is 0.497 e. The van der Waals surface area contributed by atoms with Crippen molar-refractivity contribution in [1.82, 2.24) is 0 Å². The van der Waals surface area contributed by atoms with Gasteiger partial charge in [0.05, 0.1) is 19.1 Å². The molecule has 1 aliphatic rings. The van der Waals surface area contributed by atoms with Gasteiger partial charge in [0.1, 0.15) is 11.6 Å². The van der Waals surface area contributed by atoms with E-state index >= 15 is 0 Å². The van der Waals surface area contributed by atoms with Crippen LogP contribution in [0.25, 0.3) is 0 Å². The molecular formula is C17H16FNO. The second-order valence-electron chi connectivity index (χ2n) is 4.58. The highest BCUT2D eigenvalue weighted by Crippen LogP contribution is 2.29. The summed E-state index contributed by atoms with van der Waals surface area (Å²) in [4.78, 5) is 0. The Morgan fingerprint density at radius 1 is 1.40 bits per heavy atom. The highest BCUT2D eigenvalue weighted by Gasteiger charge is 2.17. The molecule has 0 heterocycles. The van der Waals surface area contributed by atoms with Crippen molar-refractivity contribution in [2.45, 2.75) is 18.8 Å². The number of ether oxygens (including phenoxy) is 1. The van der Waals surface area contributed by atoms with Gasteiger partial charge in [0.2, 0.25) is 0 Å². The first-order valence-corrected chi connectivity index (χ1v) is 6.50. The van der Waals surface area contributed by atoms with Crippen molar-refractivity contribution in [2.24, 2.45) is 0 Å². The molecular weight excluding hydrogens is 253 g/mol. The summed E-state index contributed by atoms with van der Waals surface area (Å²) in [5, 5.41) is 9.34. The fourth-order valence-corrected chi connectivity index (χ4v) is 2.15. The SMILES string of the molecule is COc1ccc(F)c(C(C#N)CC2=CCC=CC=C2)c1. The van der Waals surface area contributed by atoms with Crippen LogP contribution in [-0.2, 0) is 0 Å². The van der Waals surface area contributed by atoms with Crippen LogP contribution < -0.4 is 4.74 Å². The van der Waals surface area contributed by atoms with Gasteiger partial charge in [-0.05, 0) is 31.0 Å². The van der Waals surface area contributed by atoms with E-state index in [4.69, 9.17) is 4.74 Å². The van der Waals surface area contributed by atoms with Crippen LogP contribution in [0.5, 0.6) is 5.75 Å². The molecule has 0 aliphatic heterocycles. The van der Waals surface area contributed by atoms with Gasteiger partial charge in [0.25, 0.3) is 0 Å². The van der Waals surface area contributed by atoms with Crippen LogP contribution in [0.3, 0.4) is 0 Å². The topological polar surface area (TPSA) is 33.0 Å². The van der Waals surface area contributed by atoms with E-state index in [0.29, 0.717) is 17.7 Å². The van der Waals surface area contributed by atoms with Crippen LogP contribution in [0.1, 0.15) is 24.3 Å². The van der Waals surface area contributed by atoms with Gasteiger partial charge in [-0.15, -0.1) is 0 Å². The quantitative estimate of drug-likeness (QED) is 0.817. The third-order valence-electron chi connectivity index (χ3n) is 3.25. The van der Waals surface area contributed by atoms with Crippen molar-refractivity contribution in [3.05, 3.63) is 65.5 Å². The minimum Gasteiger partial charge on any atom is -0.497 e. The molecule has 0 saturated carbocycles. The third-order valence-corrected chi connectivity index (χ3v) is 3.25. The number of allylic oxidation sites excluding steroid dienone is 6. The van der Waals surface area contributed by atoms with Gasteiger partial charge in [-0.3, -0.25) is 0 Å². The molecule has 1 aromatic carbocycles. The number of nitriles is 1. The van der Waals surface area contributed by atoms with E-state index in [-0.39, 0.29) is 5.82 Å². The zero-order chi connectivity index (χ0) is 14.4. The predicted molar refractivity (Wildman–Crippen MR) is 76.9 cm³/mol. The van der Waals surface area contributed by atoms with Crippen molar-refractivity contribution in [2.75, 3.05) is 7.11 Å². The lowest BCUT2D eigenvalue weighted by atomic mass is 9.92. The summed E-state index contributed by atoms with van der Waals surface area (Å²) in [5.74, 6) is -0.318. The number of benzene rings is 1. The van der Waals surface area contributed by atoms with Crippen LogP contribution >= 0.6 is 0 Å². The maximum Gasteiger partial charge on any atom is 0.128 e. The number of methoxy groups -OCH3 is 1. The lowest BCUT2D eigenvalue weighted by Crippen LogP contribution is -2.01. The van der Waals surface area contributed by atoms with E-state index in [2.05, 4.69) is 12.1 Å². The van der Waals surface area contributed by atoms with Gasteiger partial charge in [-0.25, -0.2) is 4.39 Å². The Bertz CT molecular complexity index is 608. The maximum absolute atomic E-state index is 13.9. The first kappa shape index (κ1) is 14.1. The smallest absolute Gasteiger partial charge is 0.128 e. The number of halogens is 1. The monoisotopic (exact) mass is 269 g/mol. The van der Waals surface area contributed by atoms with Crippen molar-refractivity contribution in [3.8, 4) is 11.8 Å². The van der Waals surface area contributed by atoms with Crippen molar-refractivity contribution in [3.63, 3.8) is 0 Å². The molecule has 1 aromatic rings. The van der Waals surface area contributed by atoms with E-state index in [1.54, 1.807) is 12.1 Å². The molecule has 0 aromatic heterocycles.